The standard InChI is InChI=1S/C21H19F2N5O3/c1-29-4-5-30-19-7-17-14(6-15(19)23)21(26-25-17)20-8-18(27-31-20)16-3-2-13(9-24-16)28-10-12(22)11-28/h2-3,6-9,12H,4-5,10-11H2,1H3,(H,25,26). The molecule has 160 valence electrons. The minimum absolute atomic E-state index is 0.114. The molecule has 0 unspecified atom stereocenters. The monoisotopic (exact) mass is 427 g/mol. The number of hydrogen-bond donors (Lipinski definition) is 1. The number of halogens is 2. The highest BCUT2D eigenvalue weighted by Crippen LogP contribution is 2.33. The third kappa shape index (κ3) is 3.70. The second-order valence-corrected chi connectivity index (χ2v) is 7.22. The largest absolute Gasteiger partial charge is 0.488 e. The second kappa shape index (κ2) is 7.95. The SMILES string of the molecule is COCCOc1cc2[nH]nc(-c3cc(-c4ccc(N5CC(F)C5)cn4)no3)c2cc1F. The topological polar surface area (TPSA) is 89.3 Å². The number of H-pyrrole nitrogens is 1. The van der Waals surface area contributed by atoms with Gasteiger partial charge >= 0.3 is 0 Å². The number of fused-ring (bicyclic) bond motifs is 1. The van der Waals surface area contributed by atoms with Crippen LogP contribution in [0.25, 0.3) is 33.7 Å². The maximum atomic E-state index is 14.5. The van der Waals surface area contributed by atoms with Gasteiger partial charge in [0.25, 0.3) is 0 Å². The number of aromatic nitrogens is 4. The van der Waals surface area contributed by atoms with E-state index in [1.165, 1.54) is 6.07 Å². The normalized spacial score (nSPS) is 14.2. The third-order valence-electron chi connectivity index (χ3n) is 5.12. The Bertz CT molecular complexity index is 1200. The van der Waals surface area contributed by atoms with Gasteiger partial charge in [-0.25, -0.2) is 8.78 Å². The summed E-state index contributed by atoms with van der Waals surface area (Å²) >= 11 is 0. The minimum Gasteiger partial charge on any atom is -0.488 e. The zero-order valence-corrected chi connectivity index (χ0v) is 16.6. The Morgan fingerprint density at radius 2 is 2.06 bits per heavy atom. The van der Waals surface area contributed by atoms with E-state index < -0.39 is 12.0 Å². The van der Waals surface area contributed by atoms with Gasteiger partial charge in [-0.05, 0) is 18.2 Å². The summed E-state index contributed by atoms with van der Waals surface area (Å²) in [6.07, 6.45) is 0.902. The molecule has 1 aliphatic heterocycles. The highest BCUT2D eigenvalue weighted by atomic mass is 19.1. The fraction of sp³-hybridized carbons (Fsp3) is 0.286. The molecule has 0 spiro atoms. The number of methoxy groups -OCH3 is 1. The van der Waals surface area contributed by atoms with E-state index in [9.17, 15) is 8.78 Å². The fourth-order valence-electron chi connectivity index (χ4n) is 3.42. The van der Waals surface area contributed by atoms with Gasteiger partial charge in [-0.15, -0.1) is 0 Å². The number of nitrogens with zero attached hydrogens (tertiary/aromatic N) is 4. The van der Waals surface area contributed by atoms with Crippen LogP contribution in [0.1, 0.15) is 0 Å². The van der Waals surface area contributed by atoms with Crippen LogP contribution in [0.4, 0.5) is 14.5 Å². The van der Waals surface area contributed by atoms with Crippen molar-refractivity contribution in [3.8, 4) is 28.6 Å². The van der Waals surface area contributed by atoms with Gasteiger partial charge in [-0.2, -0.15) is 5.10 Å². The van der Waals surface area contributed by atoms with Crippen LogP contribution in [-0.2, 0) is 4.74 Å². The molecule has 0 bridgehead atoms. The van der Waals surface area contributed by atoms with Gasteiger partial charge < -0.3 is 18.9 Å². The molecule has 5 rings (SSSR count). The summed E-state index contributed by atoms with van der Waals surface area (Å²) in [7, 11) is 1.55. The Balaban J connectivity index is 1.38. The molecule has 3 aromatic heterocycles. The number of benzene rings is 1. The summed E-state index contributed by atoms with van der Waals surface area (Å²) in [4.78, 5) is 6.30. The molecule has 0 aliphatic carbocycles. The van der Waals surface area contributed by atoms with Crippen molar-refractivity contribution in [2.75, 3.05) is 38.3 Å². The van der Waals surface area contributed by atoms with Crippen LogP contribution in [-0.4, -0.2) is 59.9 Å². The van der Waals surface area contributed by atoms with E-state index in [1.54, 1.807) is 31.5 Å². The number of alkyl halides is 1. The first-order chi connectivity index (χ1) is 15.1. The van der Waals surface area contributed by atoms with Crippen molar-refractivity contribution in [2.45, 2.75) is 6.17 Å². The molecule has 0 saturated carbocycles. The molecule has 1 saturated heterocycles. The van der Waals surface area contributed by atoms with Crippen LogP contribution in [0.2, 0.25) is 0 Å². The average molecular weight is 427 g/mol. The molecule has 31 heavy (non-hydrogen) atoms. The first-order valence-corrected chi connectivity index (χ1v) is 9.74. The first-order valence-electron chi connectivity index (χ1n) is 9.74. The molecule has 4 heterocycles. The van der Waals surface area contributed by atoms with E-state index in [4.69, 9.17) is 14.0 Å². The zero-order chi connectivity index (χ0) is 21.4. The lowest BCUT2D eigenvalue weighted by atomic mass is 10.1. The third-order valence-corrected chi connectivity index (χ3v) is 5.12. The van der Waals surface area contributed by atoms with Crippen molar-refractivity contribution in [3.63, 3.8) is 0 Å². The zero-order valence-electron chi connectivity index (χ0n) is 16.6. The van der Waals surface area contributed by atoms with Gasteiger partial charge in [0.2, 0.25) is 0 Å². The van der Waals surface area contributed by atoms with Crippen LogP contribution in [0.15, 0.2) is 41.1 Å². The van der Waals surface area contributed by atoms with Gasteiger partial charge in [0.1, 0.15) is 24.2 Å². The summed E-state index contributed by atoms with van der Waals surface area (Å²) in [6.45, 7) is 1.37. The van der Waals surface area contributed by atoms with Gasteiger partial charge in [-0.1, -0.05) is 5.16 Å². The molecule has 8 nitrogen and oxygen atoms in total. The molecule has 0 amide bonds. The maximum Gasteiger partial charge on any atom is 0.188 e. The van der Waals surface area contributed by atoms with Crippen molar-refractivity contribution in [2.24, 2.45) is 0 Å². The Morgan fingerprint density at radius 3 is 2.81 bits per heavy atom. The van der Waals surface area contributed by atoms with E-state index in [-0.39, 0.29) is 12.4 Å². The predicted molar refractivity (Wildman–Crippen MR) is 109 cm³/mol. The summed E-state index contributed by atoms with van der Waals surface area (Å²) in [6, 6.07) is 8.25. The minimum atomic E-state index is -0.778. The number of rotatable bonds is 7. The average Bonchev–Trinajstić information content (AvgIpc) is 3.39. The van der Waals surface area contributed by atoms with Crippen molar-refractivity contribution in [1.29, 1.82) is 0 Å². The summed E-state index contributed by atoms with van der Waals surface area (Å²) in [5.74, 6) is -0.0177. The molecule has 1 aliphatic rings. The molecule has 1 aromatic carbocycles. The van der Waals surface area contributed by atoms with Crippen molar-refractivity contribution in [1.82, 2.24) is 20.3 Å². The molecule has 1 N–H and O–H groups in total. The Hall–Kier alpha value is -3.53. The lowest BCUT2D eigenvalue weighted by Crippen LogP contribution is -2.48. The van der Waals surface area contributed by atoms with E-state index >= 15 is 0 Å². The first kappa shape index (κ1) is 19.4. The van der Waals surface area contributed by atoms with Gasteiger partial charge in [0.15, 0.2) is 17.3 Å². The number of ether oxygens (including phenoxy) is 2. The summed E-state index contributed by atoms with van der Waals surface area (Å²) in [5, 5.41) is 11.7. The number of aromatic amines is 1. The number of anilines is 1. The highest BCUT2D eigenvalue weighted by molar-refractivity contribution is 5.92. The van der Waals surface area contributed by atoms with Crippen LogP contribution >= 0.6 is 0 Å². The summed E-state index contributed by atoms with van der Waals surface area (Å²) < 4.78 is 43.2. The maximum absolute atomic E-state index is 14.5. The Labute approximate surface area is 175 Å². The molecular weight excluding hydrogens is 408 g/mol. The number of pyridine rings is 1. The summed E-state index contributed by atoms with van der Waals surface area (Å²) in [5.41, 5.74) is 3.02. The Morgan fingerprint density at radius 1 is 1.19 bits per heavy atom. The number of hydrogen-bond acceptors (Lipinski definition) is 7. The second-order valence-electron chi connectivity index (χ2n) is 7.22. The van der Waals surface area contributed by atoms with E-state index in [0.717, 1.165) is 5.69 Å². The predicted octanol–water partition coefficient (Wildman–Crippen LogP) is 3.60. The molecule has 10 heteroatoms. The Kier molecular flexibility index (Phi) is 4.99. The van der Waals surface area contributed by atoms with Gasteiger partial charge in [0.05, 0.1) is 42.8 Å². The molecular formula is C21H19F2N5O3. The van der Waals surface area contributed by atoms with Gasteiger partial charge in [0, 0.05) is 24.6 Å². The van der Waals surface area contributed by atoms with Crippen LogP contribution in [0, 0.1) is 5.82 Å². The highest BCUT2D eigenvalue weighted by Gasteiger charge is 2.26. The fourth-order valence-corrected chi connectivity index (χ4v) is 3.42. The van der Waals surface area contributed by atoms with Crippen molar-refractivity contribution < 1.29 is 22.8 Å². The van der Waals surface area contributed by atoms with Crippen LogP contribution < -0.4 is 9.64 Å². The van der Waals surface area contributed by atoms with E-state index in [2.05, 4.69) is 20.3 Å². The van der Waals surface area contributed by atoms with Crippen LogP contribution in [0.3, 0.4) is 0 Å². The van der Waals surface area contributed by atoms with E-state index in [0.29, 0.717) is 53.4 Å². The number of nitrogens with one attached hydrogen (secondary N) is 1. The molecule has 0 radical (unpaired) electrons. The molecule has 1 fully saturated rings. The van der Waals surface area contributed by atoms with Crippen molar-refractivity contribution >= 4 is 16.6 Å². The van der Waals surface area contributed by atoms with Crippen LogP contribution in [0.5, 0.6) is 5.75 Å². The quantitative estimate of drug-likeness (QED) is 0.451. The molecule has 4 aromatic rings. The van der Waals surface area contributed by atoms with Gasteiger partial charge in [-0.3, -0.25) is 10.1 Å². The van der Waals surface area contributed by atoms with Crippen molar-refractivity contribution in [3.05, 3.63) is 42.3 Å². The smallest absolute Gasteiger partial charge is 0.188 e. The lowest BCUT2D eigenvalue weighted by Gasteiger charge is -2.36. The molecule has 0 atom stereocenters. The van der Waals surface area contributed by atoms with E-state index in [1.807, 2.05) is 11.0 Å². The lowest BCUT2D eigenvalue weighted by molar-refractivity contribution is 0.144.